The van der Waals surface area contributed by atoms with Gasteiger partial charge in [0, 0.05) is 19.0 Å². The number of nitrogens with one attached hydrogen (secondary N) is 3. The molecule has 17 nitrogen and oxygen atoms in total. The molecule has 0 spiro atoms. The van der Waals surface area contributed by atoms with Crippen LogP contribution in [-0.2, 0) is 62.2 Å². The number of aromatic nitrogens is 2. The van der Waals surface area contributed by atoms with Gasteiger partial charge in [-0.05, 0) is 59.1 Å². The van der Waals surface area contributed by atoms with Crippen LogP contribution < -0.4 is 16.4 Å². The van der Waals surface area contributed by atoms with Crippen LogP contribution in [0.4, 0.5) is 4.79 Å². The number of nitrogens with two attached hydrogens (primary N) is 1. The number of H-pyrrole nitrogens is 1. The van der Waals surface area contributed by atoms with Gasteiger partial charge in [0.2, 0.25) is 11.8 Å². The molecular weight excluding hydrogens is 728 g/mol. The van der Waals surface area contributed by atoms with E-state index in [1.165, 1.54) is 54.1 Å². The summed E-state index contributed by atoms with van der Waals surface area (Å²) in [5, 5.41) is 14.8. The van der Waals surface area contributed by atoms with Crippen LogP contribution in [0.15, 0.2) is 73.2 Å². The Hall–Kier alpha value is -6.10. The van der Waals surface area contributed by atoms with Gasteiger partial charge in [0.1, 0.15) is 23.8 Å². The molecule has 0 fully saturated rings. The molecule has 1 heterocycles. The zero-order chi connectivity index (χ0) is 41.6. The number of amides is 4. The Labute approximate surface area is 324 Å². The van der Waals surface area contributed by atoms with E-state index in [4.69, 9.17) is 19.9 Å². The molecule has 17 heteroatoms. The highest BCUT2D eigenvalue weighted by atomic mass is 16.6. The van der Waals surface area contributed by atoms with Crippen molar-refractivity contribution in [2.45, 2.75) is 103 Å². The number of rotatable bonds is 17. The Kier molecular flexibility index (Phi) is 15.8. The van der Waals surface area contributed by atoms with Crippen molar-refractivity contribution in [3.63, 3.8) is 0 Å². The fourth-order valence-electron chi connectivity index (χ4n) is 5.21. The number of carboxylic acid groups (broad SMARTS) is 1. The van der Waals surface area contributed by atoms with E-state index >= 15 is 0 Å². The predicted molar refractivity (Wildman–Crippen MR) is 200 cm³/mol. The number of benzene rings is 2. The summed E-state index contributed by atoms with van der Waals surface area (Å²) in [7, 11) is 0. The topological polar surface area (TPSA) is 249 Å². The van der Waals surface area contributed by atoms with E-state index in [2.05, 4.69) is 20.6 Å². The Balaban J connectivity index is 1.87. The molecule has 0 bridgehead atoms. The van der Waals surface area contributed by atoms with Crippen LogP contribution in [0.3, 0.4) is 0 Å². The van der Waals surface area contributed by atoms with E-state index in [9.17, 15) is 38.7 Å². The van der Waals surface area contributed by atoms with Crippen molar-refractivity contribution in [2.24, 2.45) is 5.73 Å². The zero-order valence-electron chi connectivity index (χ0n) is 32.3. The van der Waals surface area contributed by atoms with E-state index in [1.54, 1.807) is 30.3 Å². The van der Waals surface area contributed by atoms with Gasteiger partial charge in [-0.1, -0.05) is 60.7 Å². The molecule has 0 aliphatic rings. The number of carbonyl (C=O) groups is 7. The second kappa shape index (κ2) is 20.0. The molecule has 2 aromatic carbocycles. The highest BCUT2D eigenvalue weighted by Gasteiger charge is 2.44. The van der Waals surface area contributed by atoms with Gasteiger partial charge in [0.25, 0.3) is 5.91 Å². The lowest BCUT2D eigenvalue weighted by Crippen LogP contribution is -2.56. The fraction of sp³-hybridized carbons (Fsp3) is 0.436. The molecule has 0 aliphatic carbocycles. The predicted octanol–water partition coefficient (Wildman–Crippen LogP) is 2.23. The van der Waals surface area contributed by atoms with Gasteiger partial charge in [-0.15, -0.1) is 0 Å². The maximum Gasteiger partial charge on any atom is 0.417 e. The average Bonchev–Trinajstić information content (AvgIpc) is 3.62. The standard InChI is InChI=1S/C39H50N6O11/c1-38(2,3)55-36(52)29(20-31(46)47)45(37(53)56-39(4,5)6)35(51)30(19-26-21-41-23-43-26)54-32(48)22-42-34(50)28(18-25-15-11-8-12-16-25)44-33(49)27(40)17-24-13-9-7-10-14-24/h7-16,21,23,27-30H,17-20,22,40H2,1-6H3,(H,41,43)(H,42,50)(H,44,49)(H,46,47)/t27-,28-,29-,30?/m0/s1. The molecule has 6 N–H and O–H groups in total. The van der Waals surface area contributed by atoms with Crippen LogP contribution in [0.1, 0.15) is 64.8 Å². The molecule has 302 valence electrons. The lowest BCUT2D eigenvalue weighted by atomic mass is 10.0. The summed E-state index contributed by atoms with van der Waals surface area (Å²) in [4.78, 5) is 100. The fourth-order valence-corrected chi connectivity index (χ4v) is 5.21. The van der Waals surface area contributed by atoms with Crippen molar-refractivity contribution in [3.8, 4) is 0 Å². The van der Waals surface area contributed by atoms with E-state index in [1.807, 2.05) is 30.3 Å². The molecule has 4 atom stereocenters. The third-order valence-electron chi connectivity index (χ3n) is 7.64. The van der Waals surface area contributed by atoms with Crippen molar-refractivity contribution in [3.05, 3.63) is 90.0 Å². The van der Waals surface area contributed by atoms with E-state index in [0.29, 0.717) is 5.56 Å². The highest BCUT2D eigenvalue weighted by molar-refractivity contribution is 6.01. The molecular formula is C39H50N6O11. The summed E-state index contributed by atoms with van der Waals surface area (Å²) in [6.07, 6.45) is -1.89. The first-order valence-electron chi connectivity index (χ1n) is 17.8. The van der Waals surface area contributed by atoms with Crippen LogP contribution in [0.5, 0.6) is 0 Å². The summed E-state index contributed by atoms with van der Waals surface area (Å²) in [6.45, 7) is 8.18. The van der Waals surface area contributed by atoms with E-state index in [-0.39, 0.29) is 23.4 Å². The Morgan fingerprint density at radius 3 is 1.91 bits per heavy atom. The maximum absolute atomic E-state index is 14.3. The number of aliphatic carboxylic acids is 1. The average molecular weight is 779 g/mol. The number of esters is 2. The molecule has 0 saturated heterocycles. The summed E-state index contributed by atoms with van der Waals surface area (Å²) in [5.41, 5.74) is 5.50. The lowest BCUT2D eigenvalue weighted by molar-refractivity contribution is -0.171. The number of carbonyl (C=O) groups excluding carboxylic acids is 6. The van der Waals surface area contributed by atoms with Crippen LogP contribution in [0, 0.1) is 0 Å². The van der Waals surface area contributed by atoms with Crippen molar-refractivity contribution in [1.82, 2.24) is 25.5 Å². The van der Waals surface area contributed by atoms with Crippen molar-refractivity contribution >= 4 is 41.7 Å². The number of imide groups is 1. The molecule has 0 saturated carbocycles. The quantitative estimate of drug-likeness (QED) is 0.0976. The van der Waals surface area contributed by atoms with Crippen molar-refractivity contribution in [1.29, 1.82) is 0 Å². The lowest BCUT2D eigenvalue weighted by Gasteiger charge is -2.33. The number of hydrogen-bond donors (Lipinski definition) is 5. The molecule has 4 amide bonds. The van der Waals surface area contributed by atoms with E-state index < -0.39 is 96.5 Å². The van der Waals surface area contributed by atoms with E-state index in [0.717, 1.165) is 5.56 Å². The van der Waals surface area contributed by atoms with Crippen LogP contribution in [0.2, 0.25) is 0 Å². The summed E-state index contributed by atoms with van der Waals surface area (Å²) < 4.78 is 16.3. The largest absolute Gasteiger partial charge is 0.481 e. The summed E-state index contributed by atoms with van der Waals surface area (Å²) in [6, 6.07) is 13.6. The second-order valence-electron chi connectivity index (χ2n) is 14.8. The van der Waals surface area contributed by atoms with Gasteiger partial charge in [-0.25, -0.2) is 19.5 Å². The number of nitrogens with zero attached hydrogens (tertiary/aromatic N) is 2. The highest BCUT2D eigenvalue weighted by Crippen LogP contribution is 2.21. The molecule has 0 aliphatic heterocycles. The Morgan fingerprint density at radius 2 is 1.39 bits per heavy atom. The first kappa shape index (κ1) is 44.3. The Bertz CT molecular complexity index is 1810. The van der Waals surface area contributed by atoms with Crippen molar-refractivity contribution < 1.29 is 52.9 Å². The number of hydrogen-bond acceptors (Lipinski definition) is 12. The molecule has 3 rings (SSSR count). The van der Waals surface area contributed by atoms with Gasteiger partial charge < -0.3 is 40.7 Å². The zero-order valence-corrected chi connectivity index (χ0v) is 32.3. The SMILES string of the molecule is CC(C)(C)OC(=O)[C@H](CC(=O)O)N(C(=O)OC(C)(C)C)C(=O)C(Cc1c[nH]cn1)OC(=O)CNC(=O)[C@H](Cc1ccccc1)NC(=O)[C@@H](N)Cc1ccccc1. The van der Waals surface area contributed by atoms with Crippen LogP contribution >= 0.6 is 0 Å². The first-order valence-corrected chi connectivity index (χ1v) is 17.8. The monoisotopic (exact) mass is 778 g/mol. The first-order chi connectivity index (χ1) is 26.2. The van der Waals surface area contributed by atoms with Crippen LogP contribution in [-0.4, -0.2) is 104 Å². The second-order valence-corrected chi connectivity index (χ2v) is 14.8. The van der Waals surface area contributed by atoms with Gasteiger partial charge in [-0.3, -0.25) is 24.0 Å². The number of carboxylic acids is 1. The van der Waals surface area contributed by atoms with Crippen LogP contribution in [0.25, 0.3) is 0 Å². The normalized spacial score (nSPS) is 13.6. The van der Waals surface area contributed by atoms with Gasteiger partial charge in [0.15, 0.2) is 12.1 Å². The molecule has 0 radical (unpaired) electrons. The molecule has 56 heavy (non-hydrogen) atoms. The maximum atomic E-state index is 14.3. The minimum absolute atomic E-state index is 0.0340. The summed E-state index contributed by atoms with van der Waals surface area (Å²) in [5.74, 6) is -6.65. The summed E-state index contributed by atoms with van der Waals surface area (Å²) >= 11 is 0. The minimum Gasteiger partial charge on any atom is -0.481 e. The molecule has 3 aromatic rings. The van der Waals surface area contributed by atoms with Gasteiger partial charge in [-0.2, -0.15) is 0 Å². The minimum atomic E-state index is -2.04. The number of aromatic amines is 1. The number of imidazole rings is 1. The number of ether oxygens (including phenoxy) is 3. The molecule has 1 aromatic heterocycles. The van der Waals surface area contributed by atoms with Gasteiger partial charge >= 0.3 is 24.0 Å². The van der Waals surface area contributed by atoms with Gasteiger partial charge in [0.05, 0.1) is 24.5 Å². The third kappa shape index (κ3) is 15.0. The Morgan fingerprint density at radius 1 is 0.821 bits per heavy atom. The van der Waals surface area contributed by atoms with Crippen molar-refractivity contribution in [2.75, 3.05) is 6.54 Å². The third-order valence-corrected chi connectivity index (χ3v) is 7.64. The molecule has 1 unspecified atom stereocenters. The smallest absolute Gasteiger partial charge is 0.417 e.